The average molecular weight is 265 g/mol. The molecule has 0 aliphatic heterocycles. The maximum Gasteiger partial charge on any atom is 0.133 e. The summed E-state index contributed by atoms with van der Waals surface area (Å²) >= 11 is 0. The second kappa shape index (κ2) is 7.71. The minimum atomic E-state index is 0.428. The van der Waals surface area contributed by atoms with Crippen LogP contribution in [0.2, 0.25) is 0 Å². The number of hydrogen-bond donors (Lipinski definition) is 1. The van der Waals surface area contributed by atoms with Crippen LogP contribution >= 0.6 is 0 Å². The van der Waals surface area contributed by atoms with Crippen LogP contribution in [0.3, 0.4) is 0 Å². The number of nitrogens with one attached hydrogen (secondary N) is 1. The lowest BCUT2D eigenvalue weighted by atomic mass is 9.89. The van der Waals surface area contributed by atoms with Gasteiger partial charge in [-0.25, -0.2) is 0 Å². The SMILES string of the molecule is CCCNCc1ccoc1COC1CCC(C)CC1. The molecule has 1 heterocycles. The zero-order valence-electron chi connectivity index (χ0n) is 12.3. The smallest absolute Gasteiger partial charge is 0.133 e. The van der Waals surface area contributed by atoms with Gasteiger partial charge in [0, 0.05) is 12.1 Å². The van der Waals surface area contributed by atoms with Gasteiger partial charge in [-0.1, -0.05) is 13.8 Å². The van der Waals surface area contributed by atoms with E-state index in [1.54, 1.807) is 6.26 Å². The first-order valence-corrected chi connectivity index (χ1v) is 7.67. The average Bonchev–Trinajstić information content (AvgIpc) is 2.86. The van der Waals surface area contributed by atoms with Crippen LogP contribution in [0.15, 0.2) is 16.7 Å². The van der Waals surface area contributed by atoms with Gasteiger partial charge in [0.15, 0.2) is 0 Å². The number of ether oxygens (including phenoxy) is 1. The molecule has 1 aromatic rings. The summed E-state index contributed by atoms with van der Waals surface area (Å²) in [4.78, 5) is 0. The normalized spacial score (nSPS) is 23.7. The van der Waals surface area contributed by atoms with Gasteiger partial charge in [-0.15, -0.1) is 0 Å². The second-order valence-corrected chi connectivity index (χ2v) is 5.74. The molecule has 1 aliphatic rings. The minimum absolute atomic E-state index is 0.428. The molecule has 1 aromatic heterocycles. The van der Waals surface area contributed by atoms with E-state index in [0.717, 1.165) is 31.2 Å². The Morgan fingerprint density at radius 2 is 2.11 bits per heavy atom. The van der Waals surface area contributed by atoms with Crippen molar-refractivity contribution in [1.29, 1.82) is 0 Å². The van der Waals surface area contributed by atoms with Crippen molar-refractivity contribution < 1.29 is 9.15 Å². The fraction of sp³-hybridized carbons (Fsp3) is 0.750. The summed E-state index contributed by atoms with van der Waals surface area (Å²) in [6, 6.07) is 2.05. The monoisotopic (exact) mass is 265 g/mol. The van der Waals surface area contributed by atoms with Gasteiger partial charge in [0.2, 0.25) is 0 Å². The first-order chi connectivity index (χ1) is 9.29. The van der Waals surface area contributed by atoms with Crippen LogP contribution in [0.1, 0.15) is 57.3 Å². The molecule has 2 rings (SSSR count). The van der Waals surface area contributed by atoms with Crippen LogP contribution in [0, 0.1) is 5.92 Å². The highest BCUT2D eigenvalue weighted by Crippen LogP contribution is 2.26. The van der Waals surface area contributed by atoms with Crippen LogP contribution < -0.4 is 5.32 Å². The van der Waals surface area contributed by atoms with Gasteiger partial charge >= 0.3 is 0 Å². The molecule has 1 fully saturated rings. The Kier molecular flexibility index (Phi) is 5.93. The van der Waals surface area contributed by atoms with Gasteiger partial charge in [0.05, 0.1) is 12.4 Å². The molecule has 0 aromatic carbocycles. The molecule has 0 amide bonds. The fourth-order valence-electron chi connectivity index (χ4n) is 2.64. The predicted molar refractivity (Wildman–Crippen MR) is 76.9 cm³/mol. The lowest BCUT2D eigenvalue weighted by molar-refractivity contribution is 0.000847. The summed E-state index contributed by atoms with van der Waals surface area (Å²) in [5, 5.41) is 3.41. The summed E-state index contributed by atoms with van der Waals surface area (Å²) in [7, 11) is 0. The van der Waals surface area contributed by atoms with E-state index in [1.807, 2.05) is 6.07 Å². The van der Waals surface area contributed by atoms with E-state index in [1.165, 1.54) is 31.2 Å². The van der Waals surface area contributed by atoms with Crippen molar-refractivity contribution in [3.8, 4) is 0 Å². The van der Waals surface area contributed by atoms with Crippen LogP contribution in [-0.4, -0.2) is 12.6 Å². The molecule has 3 nitrogen and oxygen atoms in total. The summed E-state index contributed by atoms with van der Waals surface area (Å²) < 4.78 is 11.5. The summed E-state index contributed by atoms with van der Waals surface area (Å²) in [6.07, 6.45) is 8.35. The van der Waals surface area contributed by atoms with Gasteiger partial charge in [0.25, 0.3) is 0 Å². The molecular weight excluding hydrogens is 238 g/mol. The summed E-state index contributed by atoms with van der Waals surface area (Å²) in [5.41, 5.74) is 1.23. The van der Waals surface area contributed by atoms with Crippen LogP contribution in [-0.2, 0) is 17.9 Å². The largest absolute Gasteiger partial charge is 0.467 e. The van der Waals surface area contributed by atoms with Crippen molar-refractivity contribution in [3.05, 3.63) is 23.7 Å². The molecule has 0 spiro atoms. The van der Waals surface area contributed by atoms with E-state index < -0.39 is 0 Å². The third kappa shape index (κ3) is 4.66. The van der Waals surface area contributed by atoms with E-state index in [-0.39, 0.29) is 0 Å². The van der Waals surface area contributed by atoms with Crippen molar-refractivity contribution in [2.45, 2.75) is 65.2 Å². The van der Waals surface area contributed by atoms with Crippen molar-refractivity contribution >= 4 is 0 Å². The molecule has 3 heteroatoms. The van der Waals surface area contributed by atoms with Gasteiger partial charge < -0.3 is 14.5 Å². The minimum Gasteiger partial charge on any atom is -0.467 e. The maximum atomic E-state index is 6.00. The van der Waals surface area contributed by atoms with Crippen LogP contribution in [0.25, 0.3) is 0 Å². The standard InChI is InChI=1S/C16H27NO2/c1-3-9-17-11-14-8-10-18-16(14)12-19-15-6-4-13(2)5-7-15/h8,10,13,15,17H,3-7,9,11-12H2,1-2H3. The quantitative estimate of drug-likeness (QED) is 0.760. The Morgan fingerprint density at radius 3 is 2.84 bits per heavy atom. The molecule has 0 atom stereocenters. The first-order valence-electron chi connectivity index (χ1n) is 7.67. The van der Waals surface area contributed by atoms with Crippen LogP contribution in [0.5, 0.6) is 0 Å². The Morgan fingerprint density at radius 1 is 1.32 bits per heavy atom. The zero-order valence-corrected chi connectivity index (χ0v) is 12.3. The Hall–Kier alpha value is -0.800. The first kappa shape index (κ1) is 14.6. The summed E-state index contributed by atoms with van der Waals surface area (Å²) in [6.45, 7) is 7.06. The molecule has 0 saturated heterocycles. The Balaban J connectivity index is 1.74. The molecule has 1 aliphatic carbocycles. The highest BCUT2D eigenvalue weighted by molar-refractivity contribution is 5.16. The van der Waals surface area contributed by atoms with E-state index >= 15 is 0 Å². The van der Waals surface area contributed by atoms with Crippen molar-refractivity contribution in [2.75, 3.05) is 6.54 Å². The van der Waals surface area contributed by atoms with E-state index in [9.17, 15) is 0 Å². The van der Waals surface area contributed by atoms with Crippen LogP contribution in [0.4, 0.5) is 0 Å². The molecule has 108 valence electrons. The predicted octanol–water partition coefficient (Wildman–Crippen LogP) is 3.87. The van der Waals surface area contributed by atoms with Crippen molar-refractivity contribution in [1.82, 2.24) is 5.32 Å². The highest BCUT2D eigenvalue weighted by atomic mass is 16.5. The molecule has 1 saturated carbocycles. The molecule has 0 unspecified atom stereocenters. The fourth-order valence-corrected chi connectivity index (χ4v) is 2.64. The molecule has 1 N–H and O–H groups in total. The van der Waals surface area contributed by atoms with Crippen molar-refractivity contribution in [2.24, 2.45) is 5.92 Å². The summed E-state index contributed by atoms with van der Waals surface area (Å²) in [5.74, 6) is 1.86. The third-order valence-corrected chi connectivity index (χ3v) is 3.99. The van der Waals surface area contributed by atoms with Gasteiger partial charge in [-0.2, -0.15) is 0 Å². The van der Waals surface area contributed by atoms with E-state index in [4.69, 9.17) is 9.15 Å². The molecule has 19 heavy (non-hydrogen) atoms. The highest BCUT2D eigenvalue weighted by Gasteiger charge is 2.19. The van der Waals surface area contributed by atoms with Gasteiger partial charge in [-0.05, 0) is 50.6 Å². The third-order valence-electron chi connectivity index (χ3n) is 3.99. The van der Waals surface area contributed by atoms with Gasteiger partial charge in [-0.3, -0.25) is 0 Å². The van der Waals surface area contributed by atoms with Gasteiger partial charge in [0.1, 0.15) is 12.4 Å². The topological polar surface area (TPSA) is 34.4 Å². The Bertz CT molecular complexity index is 353. The number of furan rings is 1. The lowest BCUT2D eigenvalue weighted by Crippen LogP contribution is -2.20. The second-order valence-electron chi connectivity index (χ2n) is 5.74. The number of rotatable bonds is 7. The molecular formula is C16H27NO2. The maximum absolute atomic E-state index is 6.00. The molecule has 0 bridgehead atoms. The number of hydrogen-bond acceptors (Lipinski definition) is 3. The van der Waals surface area contributed by atoms with E-state index in [2.05, 4.69) is 19.2 Å². The molecule has 0 radical (unpaired) electrons. The van der Waals surface area contributed by atoms with E-state index in [0.29, 0.717) is 12.7 Å². The zero-order chi connectivity index (χ0) is 13.5. The Labute approximate surface area is 116 Å². The lowest BCUT2D eigenvalue weighted by Gasteiger charge is -2.26. The van der Waals surface area contributed by atoms with Crippen molar-refractivity contribution in [3.63, 3.8) is 0 Å².